The minimum atomic E-state index is -0.245. The highest BCUT2D eigenvalue weighted by atomic mass is 19.1. The number of halogens is 1. The molecule has 0 unspecified atom stereocenters. The molecule has 0 saturated carbocycles. The summed E-state index contributed by atoms with van der Waals surface area (Å²) in [5.41, 5.74) is 1.59. The van der Waals surface area contributed by atoms with Crippen molar-refractivity contribution in [3.8, 4) is 0 Å². The fourth-order valence-corrected chi connectivity index (χ4v) is 3.01. The van der Waals surface area contributed by atoms with Gasteiger partial charge in [0.05, 0.1) is 19.1 Å². The van der Waals surface area contributed by atoms with Gasteiger partial charge in [0.1, 0.15) is 5.82 Å². The molecule has 1 amide bonds. The Labute approximate surface area is 142 Å². The van der Waals surface area contributed by atoms with Crippen LogP contribution in [0.4, 0.5) is 4.39 Å². The van der Waals surface area contributed by atoms with E-state index >= 15 is 0 Å². The van der Waals surface area contributed by atoms with Crippen molar-refractivity contribution < 1.29 is 13.9 Å². The number of hydrogen-bond donors (Lipinski definition) is 0. The number of nitrogens with zero attached hydrogens (tertiary/aromatic N) is 1. The second-order valence-electron chi connectivity index (χ2n) is 6.17. The van der Waals surface area contributed by atoms with E-state index in [1.165, 1.54) is 6.07 Å². The average Bonchev–Trinajstić information content (AvgIpc) is 2.62. The molecule has 24 heavy (non-hydrogen) atoms. The Kier molecular flexibility index (Phi) is 5.59. The predicted octanol–water partition coefficient (Wildman–Crippen LogP) is 3.58. The van der Waals surface area contributed by atoms with Crippen LogP contribution < -0.4 is 0 Å². The van der Waals surface area contributed by atoms with Crippen LogP contribution in [0.15, 0.2) is 54.6 Å². The van der Waals surface area contributed by atoms with Crippen LogP contribution in [-0.2, 0) is 22.6 Å². The van der Waals surface area contributed by atoms with Crippen molar-refractivity contribution in [3.63, 3.8) is 0 Å². The Balaban J connectivity index is 1.52. The Morgan fingerprint density at radius 2 is 1.88 bits per heavy atom. The van der Waals surface area contributed by atoms with Crippen molar-refractivity contribution in [2.45, 2.75) is 32.0 Å². The fraction of sp³-hybridized carbons (Fsp3) is 0.350. The summed E-state index contributed by atoms with van der Waals surface area (Å²) in [5, 5.41) is 0. The lowest BCUT2D eigenvalue weighted by Crippen LogP contribution is -2.43. The van der Waals surface area contributed by atoms with Gasteiger partial charge in [0.2, 0.25) is 5.91 Å². The number of carbonyl (C=O) groups is 1. The first kappa shape index (κ1) is 16.7. The van der Waals surface area contributed by atoms with E-state index in [0.717, 1.165) is 24.9 Å². The molecular formula is C20H22FNO2. The number of rotatable bonds is 5. The van der Waals surface area contributed by atoms with Gasteiger partial charge in [-0.15, -0.1) is 0 Å². The highest BCUT2D eigenvalue weighted by molar-refractivity contribution is 5.78. The number of hydrogen-bond acceptors (Lipinski definition) is 2. The van der Waals surface area contributed by atoms with Gasteiger partial charge in [-0.3, -0.25) is 4.79 Å². The summed E-state index contributed by atoms with van der Waals surface area (Å²) in [6, 6.07) is 16.4. The zero-order chi connectivity index (χ0) is 16.8. The molecule has 0 aliphatic carbocycles. The maximum atomic E-state index is 13.6. The lowest BCUT2D eigenvalue weighted by molar-refractivity contribution is -0.134. The minimum absolute atomic E-state index is 0.0296. The van der Waals surface area contributed by atoms with Gasteiger partial charge < -0.3 is 9.64 Å². The summed E-state index contributed by atoms with van der Waals surface area (Å²) in [4.78, 5) is 14.3. The number of piperidine rings is 1. The summed E-state index contributed by atoms with van der Waals surface area (Å²) in [7, 11) is 0. The molecule has 2 aromatic rings. The normalized spacial score (nSPS) is 17.7. The van der Waals surface area contributed by atoms with Gasteiger partial charge in [0.25, 0.3) is 0 Å². The zero-order valence-electron chi connectivity index (χ0n) is 13.7. The molecule has 4 heteroatoms. The molecule has 3 rings (SSSR count). The van der Waals surface area contributed by atoms with Crippen LogP contribution >= 0.6 is 0 Å². The van der Waals surface area contributed by atoms with E-state index < -0.39 is 0 Å². The van der Waals surface area contributed by atoms with Crippen LogP contribution in [0, 0.1) is 5.82 Å². The summed E-state index contributed by atoms with van der Waals surface area (Å²) in [6.07, 6.45) is 2.21. The van der Waals surface area contributed by atoms with Crippen molar-refractivity contribution in [1.82, 2.24) is 4.90 Å². The predicted molar refractivity (Wildman–Crippen MR) is 90.9 cm³/mol. The van der Waals surface area contributed by atoms with Gasteiger partial charge in [0.15, 0.2) is 0 Å². The molecule has 2 aromatic carbocycles. The highest BCUT2D eigenvalue weighted by Crippen LogP contribution is 2.17. The second kappa shape index (κ2) is 8.06. The lowest BCUT2D eigenvalue weighted by atomic mass is 10.1. The molecule has 0 radical (unpaired) electrons. The van der Waals surface area contributed by atoms with Crippen LogP contribution in [0.5, 0.6) is 0 Å². The summed E-state index contributed by atoms with van der Waals surface area (Å²) < 4.78 is 19.5. The standard InChI is InChI=1S/C20H22FNO2/c21-19-11-5-4-9-17(19)15-24-18-10-6-12-22(14-18)20(23)13-16-7-2-1-3-8-16/h1-5,7-9,11,18H,6,10,12-15H2/t18-/m1/s1. The Hall–Kier alpha value is -2.20. The van der Waals surface area contributed by atoms with Crippen LogP contribution in [0.3, 0.4) is 0 Å². The van der Waals surface area contributed by atoms with Gasteiger partial charge in [-0.05, 0) is 24.5 Å². The van der Waals surface area contributed by atoms with Gasteiger partial charge in [0, 0.05) is 18.7 Å². The molecule has 0 spiro atoms. The third kappa shape index (κ3) is 4.42. The molecule has 0 bridgehead atoms. The Morgan fingerprint density at radius 1 is 1.12 bits per heavy atom. The van der Waals surface area contributed by atoms with Crippen molar-refractivity contribution in [1.29, 1.82) is 0 Å². The first-order chi connectivity index (χ1) is 11.7. The number of benzene rings is 2. The van der Waals surface area contributed by atoms with Crippen LogP contribution in [0.1, 0.15) is 24.0 Å². The number of likely N-dealkylation sites (tertiary alicyclic amines) is 1. The maximum Gasteiger partial charge on any atom is 0.227 e. The van der Waals surface area contributed by atoms with E-state index in [9.17, 15) is 9.18 Å². The molecule has 1 aliphatic rings. The molecule has 1 heterocycles. The molecule has 0 aromatic heterocycles. The maximum absolute atomic E-state index is 13.6. The molecule has 0 N–H and O–H groups in total. The van der Waals surface area contributed by atoms with Crippen molar-refractivity contribution >= 4 is 5.91 Å². The molecular weight excluding hydrogens is 305 g/mol. The Bertz CT molecular complexity index is 674. The monoisotopic (exact) mass is 327 g/mol. The summed E-state index contributed by atoms with van der Waals surface area (Å²) in [5.74, 6) is -0.120. The lowest BCUT2D eigenvalue weighted by Gasteiger charge is -2.33. The van der Waals surface area contributed by atoms with Gasteiger partial charge >= 0.3 is 0 Å². The summed E-state index contributed by atoms with van der Waals surface area (Å²) in [6.45, 7) is 1.60. The molecule has 1 fully saturated rings. The zero-order valence-corrected chi connectivity index (χ0v) is 13.7. The molecule has 1 saturated heterocycles. The van der Waals surface area contributed by atoms with Crippen LogP contribution in [-0.4, -0.2) is 30.0 Å². The number of amides is 1. The fourth-order valence-electron chi connectivity index (χ4n) is 3.01. The third-order valence-corrected chi connectivity index (χ3v) is 4.36. The average molecular weight is 327 g/mol. The van der Waals surface area contributed by atoms with Crippen molar-refractivity contribution in [2.75, 3.05) is 13.1 Å². The molecule has 3 nitrogen and oxygen atoms in total. The van der Waals surface area contributed by atoms with Crippen LogP contribution in [0.25, 0.3) is 0 Å². The summed E-state index contributed by atoms with van der Waals surface area (Å²) >= 11 is 0. The van der Waals surface area contributed by atoms with Crippen molar-refractivity contribution in [3.05, 3.63) is 71.5 Å². The largest absolute Gasteiger partial charge is 0.372 e. The van der Waals surface area contributed by atoms with E-state index in [0.29, 0.717) is 18.5 Å². The molecule has 1 aliphatic heterocycles. The van der Waals surface area contributed by atoms with Gasteiger partial charge in [-0.1, -0.05) is 48.5 Å². The molecule has 1 atom stereocenters. The first-order valence-corrected chi connectivity index (χ1v) is 8.39. The topological polar surface area (TPSA) is 29.5 Å². The second-order valence-corrected chi connectivity index (χ2v) is 6.17. The van der Waals surface area contributed by atoms with E-state index in [4.69, 9.17) is 4.74 Å². The first-order valence-electron chi connectivity index (χ1n) is 8.39. The van der Waals surface area contributed by atoms with Gasteiger partial charge in [-0.2, -0.15) is 0 Å². The van der Waals surface area contributed by atoms with E-state index in [1.807, 2.05) is 35.2 Å². The number of carbonyl (C=O) groups excluding carboxylic acids is 1. The quantitative estimate of drug-likeness (QED) is 0.840. The Morgan fingerprint density at radius 3 is 2.67 bits per heavy atom. The van der Waals surface area contributed by atoms with E-state index in [-0.39, 0.29) is 24.4 Å². The SMILES string of the molecule is O=C(Cc1ccccc1)N1CCC[C@@H](OCc2ccccc2F)C1. The van der Waals surface area contributed by atoms with E-state index in [1.54, 1.807) is 18.2 Å². The third-order valence-electron chi connectivity index (χ3n) is 4.36. The van der Waals surface area contributed by atoms with Crippen molar-refractivity contribution in [2.24, 2.45) is 0 Å². The van der Waals surface area contributed by atoms with E-state index in [2.05, 4.69) is 0 Å². The van der Waals surface area contributed by atoms with Gasteiger partial charge in [-0.25, -0.2) is 4.39 Å². The minimum Gasteiger partial charge on any atom is -0.372 e. The number of ether oxygens (including phenoxy) is 1. The van der Waals surface area contributed by atoms with Crippen LogP contribution in [0.2, 0.25) is 0 Å². The smallest absolute Gasteiger partial charge is 0.227 e. The highest BCUT2D eigenvalue weighted by Gasteiger charge is 2.24. The molecule has 126 valence electrons.